The predicted octanol–water partition coefficient (Wildman–Crippen LogP) is 0.250. The van der Waals surface area contributed by atoms with E-state index in [4.69, 9.17) is 0 Å². The number of aliphatic hydroxyl groups is 1. The molecule has 1 aliphatic heterocycles. The average Bonchev–Trinajstić information content (AvgIpc) is 3.03. The van der Waals surface area contributed by atoms with Crippen molar-refractivity contribution in [3.63, 3.8) is 0 Å². The number of aliphatic hydroxyl groups excluding tert-OH is 1. The van der Waals surface area contributed by atoms with Crippen molar-refractivity contribution >= 4 is 43.3 Å². The summed E-state index contributed by atoms with van der Waals surface area (Å²) in [7, 11) is -1.17. The molecule has 21 heavy (non-hydrogen) atoms. The van der Waals surface area contributed by atoms with Crippen LogP contribution in [0, 0.1) is 0 Å². The number of hydrogen-bond acceptors (Lipinski definition) is 7. The molecule has 0 amide bonds. The highest BCUT2D eigenvalue weighted by molar-refractivity contribution is 9.11. The summed E-state index contributed by atoms with van der Waals surface area (Å²) in [5, 5.41) is 12.8. The minimum absolute atomic E-state index is 0.00509. The van der Waals surface area contributed by atoms with E-state index in [0.29, 0.717) is 16.9 Å². The number of rotatable bonds is 4. The third-order valence-corrected chi connectivity index (χ3v) is 7.43. The Labute approximate surface area is 135 Å². The maximum absolute atomic E-state index is 12.6. The summed E-state index contributed by atoms with van der Waals surface area (Å²) >= 11 is 4.16. The second-order valence-corrected chi connectivity index (χ2v) is 8.89. The Morgan fingerprint density at radius 1 is 1.57 bits per heavy atom. The molecule has 1 aromatic heterocycles. The van der Waals surface area contributed by atoms with Crippen LogP contribution in [0.15, 0.2) is 14.7 Å². The smallest absolute Gasteiger partial charge is 0.348 e. The van der Waals surface area contributed by atoms with Gasteiger partial charge in [0.05, 0.1) is 23.0 Å². The minimum atomic E-state index is -3.82. The van der Waals surface area contributed by atoms with Gasteiger partial charge in [0, 0.05) is 20.1 Å². The average molecular weight is 399 g/mol. The minimum Gasteiger partial charge on any atom is -0.465 e. The highest BCUT2D eigenvalue weighted by Crippen LogP contribution is 2.34. The molecule has 2 rings (SSSR count). The quantitative estimate of drug-likeness (QED) is 0.705. The molecule has 1 fully saturated rings. The zero-order valence-electron chi connectivity index (χ0n) is 11.4. The van der Waals surface area contributed by atoms with Crippen molar-refractivity contribution in [1.82, 2.24) is 9.62 Å². The van der Waals surface area contributed by atoms with Crippen LogP contribution in [-0.4, -0.2) is 63.2 Å². The number of thiophene rings is 1. The lowest BCUT2D eigenvalue weighted by atomic mass is 10.2. The van der Waals surface area contributed by atoms with Crippen LogP contribution in [0.2, 0.25) is 0 Å². The van der Waals surface area contributed by atoms with Crippen molar-refractivity contribution in [2.75, 3.05) is 27.2 Å². The van der Waals surface area contributed by atoms with E-state index in [0.717, 1.165) is 15.6 Å². The van der Waals surface area contributed by atoms with Gasteiger partial charge in [-0.15, -0.1) is 11.3 Å². The molecule has 0 spiro atoms. The van der Waals surface area contributed by atoms with Crippen molar-refractivity contribution < 1.29 is 23.1 Å². The Morgan fingerprint density at radius 3 is 2.76 bits per heavy atom. The zero-order valence-corrected chi connectivity index (χ0v) is 14.6. The van der Waals surface area contributed by atoms with Gasteiger partial charge >= 0.3 is 5.97 Å². The van der Waals surface area contributed by atoms with Gasteiger partial charge in [0.2, 0.25) is 10.0 Å². The molecule has 0 unspecified atom stereocenters. The number of halogens is 1. The lowest BCUT2D eigenvalue weighted by molar-refractivity contribution is 0.0606. The normalized spacial score (nSPS) is 22.7. The summed E-state index contributed by atoms with van der Waals surface area (Å²) in [5.74, 6) is -0.590. The molecule has 1 aliphatic rings. The number of carbonyl (C=O) groups is 1. The number of hydrogen-bond donors (Lipinski definition) is 2. The Balaban J connectivity index is 2.35. The van der Waals surface area contributed by atoms with Crippen molar-refractivity contribution in [2.24, 2.45) is 0 Å². The second kappa shape index (κ2) is 6.31. The Bertz CT molecular complexity index is 645. The van der Waals surface area contributed by atoms with Crippen LogP contribution in [0.3, 0.4) is 0 Å². The predicted molar refractivity (Wildman–Crippen MR) is 81.0 cm³/mol. The number of likely N-dealkylation sites (N-methyl/N-ethyl adjacent to an activating group) is 1. The molecule has 2 atom stereocenters. The lowest BCUT2D eigenvalue weighted by Gasteiger charge is -2.25. The monoisotopic (exact) mass is 398 g/mol. The van der Waals surface area contributed by atoms with E-state index in [2.05, 4.69) is 26.0 Å². The lowest BCUT2D eigenvalue weighted by Crippen LogP contribution is -2.44. The van der Waals surface area contributed by atoms with Crippen LogP contribution in [0.5, 0.6) is 0 Å². The molecule has 0 aromatic carbocycles. The Hall–Kier alpha value is -0.520. The summed E-state index contributed by atoms with van der Waals surface area (Å²) in [6.07, 6.45) is -0.762. The highest BCUT2D eigenvalue weighted by atomic mass is 79.9. The molecule has 0 radical (unpaired) electrons. The first-order chi connectivity index (χ1) is 9.78. The van der Waals surface area contributed by atoms with Crippen LogP contribution in [-0.2, 0) is 14.8 Å². The number of nitrogens with zero attached hydrogens (tertiary/aromatic N) is 1. The zero-order chi connectivity index (χ0) is 15.8. The number of ether oxygens (including phenoxy) is 1. The molecule has 10 heteroatoms. The number of β-amino-alcohol motifs (C(OH)–C–C–N with tert-alkyl or cyclic N) is 1. The third kappa shape index (κ3) is 3.15. The molecule has 0 bridgehead atoms. The van der Waals surface area contributed by atoms with Gasteiger partial charge in [-0.05, 0) is 22.0 Å². The van der Waals surface area contributed by atoms with Crippen LogP contribution in [0.25, 0.3) is 0 Å². The maximum atomic E-state index is 12.6. The molecule has 0 aliphatic carbocycles. The van der Waals surface area contributed by atoms with Gasteiger partial charge in [0.25, 0.3) is 0 Å². The third-order valence-electron chi connectivity index (χ3n) is 3.32. The molecule has 118 valence electrons. The van der Waals surface area contributed by atoms with E-state index in [1.54, 1.807) is 0 Å². The molecular formula is C11H15BrN2O5S2. The topological polar surface area (TPSA) is 95.9 Å². The first-order valence-electron chi connectivity index (χ1n) is 6.03. The van der Waals surface area contributed by atoms with E-state index in [9.17, 15) is 18.3 Å². The van der Waals surface area contributed by atoms with Gasteiger partial charge in [-0.25, -0.2) is 13.2 Å². The van der Waals surface area contributed by atoms with Crippen molar-refractivity contribution in [3.05, 3.63) is 14.7 Å². The van der Waals surface area contributed by atoms with E-state index in [-0.39, 0.29) is 9.77 Å². The molecule has 1 saturated heterocycles. The second-order valence-electron chi connectivity index (χ2n) is 4.55. The van der Waals surface area contributed by atoms with Crippen molar-refractivity contribution in [2.45, 2.75) is 17.0 Å². The van der Waals surface area contributed by atoms with Gasteiger partial charge in [0.1, 0.15) is 9.77 Å². The molecule has 7 nitrogen and oxygen atoms in total. The van der Waals surface area contributed by atoms with Crippen molar-refractivity contribution in [1.29, 1.82) is 0 Å². The summed E-state index contributed by atoms with van der Waals surface area (Å²) in [4.78, 5) is 11.7. The van der Waals surface area contributed by atoms with Gasteiger partial charge in [-0.2, -0.15) is 4.31 Å². The molecular weight excluding hydrogens is 384 g/mol. The van der Waals surface area contributed by atoms with Crippen LogP contribution in [0.4, 0.5) is 0 Å². The van der Waals surface area contributed by atoms with E-state index < -0.39 is 28.1 Å². The fourth-order valence-corrected chi connectivity index (χ4v) is 5.90. The number of esters is 1. The first kappa shape index (κ1) is 16.8. The van der Waals surface area contributed by atoms with E-state index in [1.807, 2.05) is 0 Å². The van der Waals surface area contributed by atoms with Crippen molar-refractivity contribution in [3.8, 4) is 0 Å². The molecule has 2 N–H and O–H groups in total. The Morgan fingerprint density at radius 2 is 2.24 bits per heavy atom. The van der Waals surface area contributed by atoms with Crippen LogP contribution >= 0.6 is 27.3 Å². The van der Waals surface area contributed by atoms with Gasteiger partial charge in [-0.1, -0.05) is 0 Å². The van der Waals surface area contributed by atoms with E-state index in [1.165, 1.54) is 20.2 Å². The number of nitrogens with one attached hydrogen (secondary N) is 1. The molecule has 1 aromatic rings. The van der Waals surface area contributed by atoms with Gasteiger partial charge in [0.15, 0.2) is 0 Å². The van der Waals surface area contributed by atoms with Gasteiger partial charge < -0.3 is 15.2 Å². The summed E-state index contributed by atoms with van der Waals surface area (Å²) in [6, 6.07) is 0.740. The fourth-order valence-electron chi connectivity index (χ4n) is 2.08. The standard InChI is InChI=1S/C11H15BrN2O5S2/c1-14(6-4-13-5-7(6)15)21(17,18)9-3-8(11(16)19-2)20-10(9)12/h3,6-7,13,15H,4-5H2,1-2H3/t6-,7-/m1/s1. The molecule has 2 heterocycles. The largest absolute Gasteiger partial charge is 0.465 e. The molecule has 0 saturated carbocycles. The van der Waals surface area contributed by atoms with E-state index >= 15 is 0 Å². The first-order valence-corrected chi connectivity index (χ1v) is 9.08. The summed E-state index contributed by atoms with van der Waals surface area (Å²) in [5.41, 5.74) is 0. The highest BCUT2D eigenvalue weighted by Gasteiger charge is 2.37. The number of sulfonamides is 1. The summed E-state index contributed by atoms with van der Waals surface area (Å²) in [6.45, 7) is 0.727. The van der Waals surface area contributed by atoms with Gasteiger partial charge in [-0.3, -0.25) is 0 Å². The SMILES string of the molecule is COC(=O)c1cc(S(=O)(=O)N(C)[C@@H]2CNC[C@H]2O)c(Br)s1. The van der Waals surface area contributed by atoms with Crippen LogP contribution in [0.1, 0.15) is 9.67 Å². The fraction of sp³-hybridized carbons (Fsp3) is 0.545. The number of carbonyl (C=O) groups excluding carboxylic acids is 1. The maximum Gasteiger partial charge on any atom is 0.348 e. The summed E-state index contributed by atoms with van der Waals surface area (Å²) < 4.78 is 31.3. The Kier molecular flexibility index (Phi) is 5.06. The van der Waals surface area contributed by atoms with Crippen LogP contribution < -0.4 is 5.32 Å². The number of methoxy groups -OCH3 is 1.